The number of benzene rings is 1. The van der Waals surface area contributed by atoms with Crippen LogP contribution < -0.4 is 4.90 Å². The lowest BCUT2D eigenvalue weighted by atomic mass is 10.1. The van der Waals surface area contributed by atoms with E-state index >= 15 is 0 Å². The molecule has 1 amide bonds. The van der Waals surface area contributed by atoms with E-state index in [9.17, 15) is 4.79 Å². The summed E-state index contributed by atoms with van der Waals surface area (Å²) in [6.45, 7) is 5.07. The summed E-state index contributed by atoms with van der Waals surface area (Å²) in [5, 5.41) is 10.9. The zero-order valence-corrected chi connectivity index (χ0v) is 13.6. The van der Waals surface area contributed by atoms with Gasteiger partial charge in [-0.3, -0.25) is 9.89 Å². The Morgan fingerprint density at radius 1 is 1.26 bits per heavy atom. The van der Waals surface area contributed by atoms with Crippen molar-refractivity contribution in [3.05, 3.63) is 41.0 Å². The summed E-state index contributed by atoms with van der Waals surface area (Å²) < 4.78 is 0. The third-order valence-electron chi connectivity index (χ3n) is 4.16. The standard InChI is InChI=1S/C16H17N5OS/c1-11-10-23-16(18-11)21-7-5-20(6-8-21)15(22)12-3-2-4-14-13(12)9-17-19-14/h2-4,9-10H,5-8H2,1H3,(H,17,19). The minimum absolute atomic E-state index is 0.0759. The molecule has 3 aromatic rings. The molecule has 0 radical (unpaired) electrons. The average Bonchev–Trinajstić information content (AvgIpc) is 3.22. The van der Waals surface area contributed by atoms with Gasteiger partial charge in [0.2, 0.25) is 0 Å². The first kappa shape index (κ1) is 14.2. The minimum Gasteiger partial charge on any atom is -0.345 e. The van der Waals surface area contributed by atoms with Gasteiger partial charge in [-0.15, -0.1) is 11.3 Å². The van der Waals surface area contributed by atoms with Gasteiger partial charge in [0.1, 0.15) is 0 Å². The van der Waals surface area contributed by atoms with E-state index in [4.69, 9.17) is 0 Å². The van der Waals surface area contributed by atoms with Crippen LogP contribution in [0.4, 0.5) is 5.13 Å². The van der Waals surface area contributed by atoms with Crippen LogP contribution in [0.25, 0.3) is 10.9 Å². The molecule has 6 nitrogen and oxygen atoms in total. The molecule has 1 N–H and O–H groups in total. The van der Waals surface area contributed by atoms with E-state index in [2.05, 4.69) is 25.5 Å². The van der Waals surface area contributed by atoms with E-state index in [1.165, 1.54) is 0 Å². The first-order valence-electron chi connectivity index (χ1n) is 7.61. The van der Waals surface area contributed by atoms with Gasteiger partial charge in [0.05, 0.1) is 23.0 Å². The predicted molar refractivity (Wildman–Crippen MR) is 91.1 cm³/mol. The average molecular weight is 327 g/mol. The van der Waals surface area contributed by atoms with Crippen LogP contribution in [0.5, 0.6) is 0 Å². The lowest BCUT2D eigenvalue weighted by Gasteiger charge is -2.34. The summed E-state index contributed by atoms with van der Waals surface area (Å²) in [4.78, 5) is 21.5. The van der Waals surface area contributed by atoms with Crippen molar-refractivity contribution < 1.29 is 4.79 Å². The summed E-state index contributed by atoms with van der Waals surface area (Å²) in [5.41, 5.74) is 2.66. The van der Waals surface area contributed by atoms with Gasteiger partial charge in [-0.1, -0.05) is 6.07 Å². The van der Waals surface area contributed by atoms with Crippen molar-refractivity contribution in [1.82, 2.24) is 20.1 Å². The molecule has 118 valence electrons. The van der Waals surface area contributed by atoms with E-state index < -0.39 is 0 Å². The van der Waals surface area contributed by atoms with Gasteiger partial charge in [0.15, 0.2) is 5.13 Å². The Morgan fingerprint density at radius 3 is 2.83 bits per heavy atom. The van der Waals surface area contributed by atoms with Crippen LogP contribution in [0, 0.1) is 6.92 Å². The van der Waals surface area contributed by atoms with E-state index in [1.54, 1.807) is 17.5 Å². The molecule has 3 heterocycles. The SMILES string of the molecule is Cc1csc(N2CCN(C(=O)c3cccc4[nH]ncc34)CC2)n1. The first-order valence-corrected chi connectivity index (χ1v) is 8.49. The van der Waals surface area contributed by atoms with E-state index in [0.717, 1.165) is 40.4 Å². The molecule has 1 aromatic carbocycles. The Hall–Kier alpha value is -2.41. The molecule has 4 rings (SSSR count). The second kappa shape index (κ2) is 5.66. The molecule has 0 spiro atoms. The summed E-state index contributed by atoms with van der Waals surface area (Å²) in [6, 6.07) is 5.70. The molecular formula is C16H17N5OS. The highest BCUT2D eigenvalue weighted by atomic mass is 32.1. The number of nitrogens with one attached hydrogen (secondary N) is 1. The van der Waals surface area contributed by atoms with Crippen molar-refractivity contribution in [3.63, 3.8) is 0 Å². The number of carbonyl (C=O) groups excluding carboxylic acids is 1. The molecule has 1 aliphatic heterocycles. The number of hydrogen-bond acceptors (Lipinski definition) is 5. The smallest absolute Gasteiger partial charge is 0.254 e. The fourth-order valence-electron chi connectivity index (χ4n) is 2.91. The summed E-state index contributed by atoms with van der Waals surface area (Å²) in [7, 11) is 0. The van der Waals surface area contributed by atoms with Crippen LogP contribution >= 0.6 is 11.3 Å². The maximum Gasteiger partial charge on any atom is 0.254 e. The van der Waals surface area contributed by atoms with Gasteiger partial charge in [0, 0.05) is 36.9 Å². The van der Waals surface area contributed by atoms with Crippen molar-refractivity contribution in [3.8, 4) is 0 Å². The Morgan fingerprint density at radius 2 is 2.09 bits per heavy atom. The van der Waals surface area contributed by atoms with Crippen LogP contribution in [-0.4, -0.2) is 52.2 Å². The van der Waals surface area contributed by atoms with Crippen LogP contribution in [0.15, 0.2) is 29.8 Å². The van der Waals surface area contributed by atoms with E-state index in [-0.39, 0.29) is 5.91 Å². The molecule has 0 aliphatic carbocycles. The number of H-pyrrole nitrogens is 1. The largest absolute Gasteiger partial charge is 0.345 e. The van der Waals surface area contributed by atoms with Crippen LogP contribution in [0.3, 0.4) is 0 Å². The number of nitrogens with zero attached hydrogens (tertiary/aromatic N) is 4. The molecule has 0 saturated carbocycles. The number of aromatic nitrogens is 3. The number of carbonyl (C=O) groups is 1. The van der Waals surface area contributed by atoms with E-state index in [1.807, 2.05) is 30.0 Å². The Kier molecular flexibility index (Phi) is 3.49. The number of fused-ring (bicyclic) bond motifs is 1. The van der Waals surface area contributed by atoms with Crippen molar-refractivity contribution >= 4 is 33.3 Å². The molecule has 1 aliphatic rings. The van der Waals surface area contributed by atoms with Gasteiger partial charge < -0.3 is 9.80 Å². The highest BCUT2D eigenvalue weighted by Gasteiger charge is 2.24. The normalized spacial score (nSPS) is 15.3. The number of aromatic amines is 1. The Labute approximate surface area is 137 Å². The summed E-state index contributed by atoms with van der Waals surface area (Å²) in [5.74, 6) is 0.0759. The zero-order chi connectivity index (χ0) is 15.8. The van der Waals surface area contributed by atoms with Crippen molar-refractivity contribution in [2.75, 3.05) is 31.1 Å². The fourth-order valence-corrected chi connectivity index (χ4v) is 3.77. The molecular weight excluding hydrogens is 310 g/mol. The third-order valence-corrected chi connectivity index (χ3v) is 5.18. The topological polar surface area (TPSA) is 65.1 Å². The number of amides is 1. The van der Waals surface area contributed by atoms with Crippen LogP contribution in [-0.2, 0) is 0 Å². The van der Waals surface area contributed by atoms with Crippen LogP contribution in [0.2, 0.25) is 0 Å². The second-order valence-electron chi connectivity index (χ2n) is 5.69. The first-order chi connectivity index (χ1) is 11.2. The molecule has 0 bridgehead atoms. The Balaban J connectivity index is 1.50. The summed E-state index contributed by atoms with van der Waals surface area (Å²) >= 11 is 1.66. The van der Waals surface area contributed by atoms with Gasteiger partial charge in [0.25, 0.3) is 5.91 Å². The Bertz CT molecular complexity index is 847. The van der Waals surface area contributed by atoms with Crippen molar-refractivity contribution in [2.24, 2.45) is 0 Å². The molecule has 1 fully saturated rings. The number of piperazine rings is 1. The number of hydrogen-bond donors (Lipinski definition) is 1. The maximum absolute atomic E-state index is 12.8. The molecule has 0 unspecified atom stereocenters. The maximum atomic E-state index is 12.8. The van der Waals surface area contributed by atoms with Crippen molar-refractivity contribution in [2.45, 2.75) is 6.92 Å². The third kappa shape index (κ3) is 2.57. The predicted octanol–water partition coefficient (Wildman–Crippen LogP) is 2.29. The fraction of sp³-hybridized carbons (Fsp3) is 0.312. The second-order valence-corrected chi connectivity index (χ2v) is 6.52. The molecule has 1 saturated heterocycles. The molecule has 23 heavy (non-hydrogen) atoms. The monoisotopic (exact) mass is 327 g/mol. The quantitative estimate of drug-likeness (QED) is 0.784. The van der Waals surface area contributed by atoms with Crippen molar-refractivity contribution in [1.29, 1.82) is 0 Å². The number of thiazole rings is 1. The zero-order valence-electron chi connectivity index (χ0n) is 12.8. The van der Waals surface area contributed by atoms with E-state index in [0.29, 0.717) is 13.1 Å². The number of anilines is 1. The van der Waals surface area contributed by atoms with Gasteiger partial charge in [-0.2, -0.15) is 5.10 Å². The van der Waals surface area contributed by atoms with Crippen LogP contribution in [0.1, 0.15) is 16.1 Å². The lowest BCUT2D eigenvalue weighted by molar-refractivity contribution is 0.0749. The molecule has 7 heteroatoms. The molecule has 2 aromatic heterocycles. The number of aryl methyl sites for hydroxylation is 1. The number of rotatable bonds is 2. The van der Waals surface area contributed by atoms with Gasteiger partial charge >= 0.3 is 0 Å². The van der Waals surface area contributed by atoms with Gasteiger partial charge in [-0.25, -0.2) is 4.98 Å². The highest BCUT2D eigenvalue weighted by Crippen LogP contribution is 2.23. The summed E-state index contributed by atoms with van der Waals surface area (Å²) in [6.07, 6.45) is 1.72. The minimum atomic E-state index is 0.0759. The molecule has 0 atom stereocenters. The lowest BCUT2D eigenvalue weighted by Crippen LogP contribution is -2.48. The highest BCUT2D eigenvalue weighted by molar-refractivity contribution is 7.13. The van der Waals surface area contributed by atoms with Gasteiger partial charge in [-0.05, 0) is 19.1 Å².